The molecule has 0 amide bonds. The number of esters is 1. The average molecular weight is 294 g/mol. The predicted molar refractivity (Wildman–Crippen MR) is 81.2 cm³/mol. The first-order chi connectivity index (χ1) is 9.58. The van der Waals surface area contributed by atoms with Crippen LogP contribution in [0.4, 0.5) is 0 Å². The van der Waals surface area contributed by atoms with Gasteiger partial charge in [-0.15, -0.1) is 0 Å². The molecular formula is C15H23BO5. The monoisotopic (exact) mass is 294 g/mol. The lowest BCUT2D eigenvalue weighted by Gasteiger charge is -2.38. The van der Waals surface area contributed by atoms with Gasteiger partial charge >= 0.3 is 13.1 Å². The summed E-state index contributed by atoms with van der Waals surface area (Å²) < 4.78 is 10.2. The van der Waals surface area contributed by atoms with Crippen LogP contribution < -0.4 is 5.46 Å². The Hall–Kier alpha value is -1.37. The molecule has 0 unspecified atom stereocenters. The minimum Gasteiger partial charge on any atom is -0.469 e. The van der Waals surface area contributed by atoms with Crippen molar-refractivity contribution in [3.05, 3.63) is 29.8 Å². The fourth-order valence-electron chi connectivity index (χ4n) is 1.65. The molecule has 6 heteroatoms. The molecule has 0 aliphatic heterocycles. The van der Waals surface area contributed by atoms with E-state index in [1.807, 2.05) is 0 Å². The second-order valence-corrected chi connectivity index (χ2v) is 5.99. The Kier molecular flexibility index (Phi) is 5.56. The summed E-state index contributed by atoms with van der Waals surface area (Å²) >= 11 is 0. The molecule has 0 aliphatic rings. The van der Waals surface area contributed by atoms with E-state index >= 15 is 0 Å². The van der Waals surface area contributed by atoms with Crippen LogP contribution in [0.3, 0.4) is 0 Å². The third-order valence-corrected chi connectivity index (χ3v) is 3.76. The maximum absolute atomic E-state index is 11.4. The van der Waals surface area contributed by atoms with Crippen molar-refractivity contribution in [1.82, 2.24) is 0 Å². The van der Waals surface area contributed by atoms with Crippen LogP contribution in [0.25, 0.3) is 0 Å². The molecule has 1 aromatic carbocycles. The molecule has 0 aliphatic carbocycles. The van der Waals surface area contributed by atoms with Gasteiger partial charge in [-0.25, -0.2) is 0 Å². The molecule has 1 aromatic rings. The van der Waals surface area contributed by atoms with Gasteiger partial charge in [0.1, 0.15) is 0 Å². The Bertz CT molecular complexity index is 493. The van der Waals surface area contributed by atoms with Crippen LogP contribution in [-0.2, 0) is 20.6 Å². The molecule has 1 rings (SSSR count). The summed E-state index contributed by atoms with van der Waals surface area (Å²) in [6, 6.07) is 6.94. The predicted octanol–water partition coefficient (Wildman–Crippen LogP) is 0.656. The first-order valence-electron chi connectivity index (χ1n) is 6.81. The number of carbonyl (C=O) groups excluding carboxylic acids is 1. The van der Waals surface area contributed by atoms with Crippen LogP contribution in [0.2, 0.25) is 0 Å². The Morgan fingerprint density at radius 2 is 1.81 bits per heavy atom. The van der Waals surface area contributed by atoms with Crippen molar-refractivity contribution in [3.8, 4) is 0 Å². The van der Waals surface area contributed by atoms with E-state index in [1.165, 1.54) is 7.11 Å². The number of aliphatic hydroxyl groups is 1. The highest BCUT2D eigenvalue weighted by molar-refractivity contribution is 6.60. The van der Waals surface area contributed by atoms with E-state index in [2.05, 4.69) is 4.74 Å². The molecule has 0 heterocycles. The second kappa shape index (κ2) is 6.60. The standard InChI is InChI=1S/C15H23BO5/c1-14(2,18)15(3,4)21-16(19)12-9-7-6-8-11(12)10-13(17)20-5/h6-9,18-19H,10H2,1-5H3. The highest BCUT2D eigenvalue weighted by atomic mass is 16.5. The molecule has 0 atom stereocenters. The van der Waals surface area contributed by atoms with Gasteiger partial charge in [-0.1, -0.05) is 24.3 Å². The molecule has 21 heavy (non-hydrogen) atoms. The number of benzene rings is 1. The zero-order chi connectivity index (χ0) is 16.3. The zero-order valence-corrected chi connectivity index (χ0v) is 13.2. The van der Waals surface area contributed by atoms with Crippen molar-refractivity contribution in [2.24, 2.45) is 0 Å². The number of methoxy groups -OCH3 is 1. The van der Waals surface area contributed by atoms with E-state index in [0.29, 0.717) is 11.0 Å². The van der Waals surface area contributed by atoms with Gasteiger partial charge in [-0.2, -0.15) is 0 Å². The van der Waals surface area contributed by atoms with Crippen molar-refractivity contribution in [3.63, 3.8) is 0 Å². The molecule has 116 valence electrons. The molecule has 0 saturated carbocycles. The van der Waals surface area contributed by atoms with Crippen LogP contribution in [0, 0.1) is 0 Å². The third-order valence-electron chi connectivity index (χ3n) is 3.76. The summed E-state index contributed by atoms with van der Waals surface area (Å²) in [7, 11) is 0.0715. The number of carbonyl (C=O) groups is 1. The lowest BCUT2D eigenvalue weighted by Crippen LogP contribution is -2.53. The smallest absolute Gasteiger partial charge is 0.469 e. The van der Waals surface area contributed by atoms with Gasteiger partial charge in [0, 0.05) is 0 Å². The van der Waals surface area contributed by atoms with Crippen LogP contribution in [-0.4, -0.2) is 41.5 Å². The second-order valence-electron chi connectivity index (χ2n) is 5.99. The Morgan fingerprint density at radius 3 is 2.33 bits per heavy atom. The fraction of sp³-hybridized carbons (Fsp3) is 0.533. The molecule has 0 aromatic heterocycles. The molecule has 0 spiro atoms. The highest BCUT2D eigenvalue weighted by Gasteiger charge is 2.40. The first-order valence-corrected chi connectivity index (χ1v) is 6.81. The molecule has 5 nitrogen and oxygen atoms in total. The number of hydrogen-bond acceptors (Lipinski definition) is 5. The van der Waals surface area contributed by atoms with Crippen LogP contribution in [0.15, 0.2) is 24.3 Å². The first kappa shape index (κ1) is 17.7. The van der Waals surface area contributed by atoms with Crippen molar-refractivity contribution >= 4 is 18.6 Å². The van der Waals surface area contributed by atoms with Crippen LogP contribution in [0.5, 0.6) is 0 Å². The van der Waals surface area contributed by atoms with Gasteiger partial charge in [0.05, 0.1) is 24.7 Å². The lowest BCUT2D eigenvalue weighted by molar-refractivity contribution is -0.139. The van der Waals surface area contributed by atoms with Gasteiger partial charge < -0.3 is 19.5 Å². The Morgan fingerprint density at radius 1 is 1.24 bits per heavy atom. The van der Waals surface area contributed by atoms with Gasteiger partial charge in [0.15, 0.2) is 0 Å². The molecule has 0 bridgehead atoms. The third kappa shape index (κ3) is 4.56. The summed E-state index contributed by atoms with van der Waals surface area (Å²) in [5.74, 6) is -0.392. The van der Waals surface area contributed by atoms with Crippen molar-refractivity contribution in [2.45, 2.75) is 45.3 Å². The summed E-state index contributed by atoms with van der Waals surface area (Å²) in [5.41, 5.74) is -0.987. The van der Waals surface area contributed by atoms with E-state index in [4.69, 9.17) is 4.65 Å². The molecule has 0 radical (unpaired) electrons. The number of hydrogen-bond donors (Lipinski definition) is 2. The fourth-order valence-corrected chi connectivity index (χ4v) is 1.65. The summed E-state index contributed by atoms with van der Waals surface area (Å²) in [5, 5.41) is 20.4. The van der Waals surface area contributed by atoms with E-state index < -0.39 is 24.3 Å². The highest BCUT2D eigenvalue weighted by Crippen LogP contribution is 2.25. The van der Waals surface area contributed by atoms with Gasteiger partial charge in [0.2, 0.25) is 0 Å². The van der Waals surface area contributed by atoms with Crippen molar-refractivity contribution in [1.29, 1.82) is 0 Å². The summed E-state index contributed by atoms with van der Waals surface area (Å²) in [4.78, 5) is 11.4. The number of rotatable bonds is 6. The quantitative estimate of drug-likeness (QED) is 0.595. The minimum absolute atomic E-state index is 0.0516. The average Bonchev–Trinajstić information content (AvgIpc) is 2.37. The van der Waals surface area contributed by atoms with Crippen LogP contribution >= 0.6 is 0 Å². The Labute approximate surface area is 126 Å². The van der Waals surface area contributed by atoms with Crippen molar-refractivity contribution in [2.75, 3.05) is 7.11 Å². The SMILES string of the molecule is COC(=O)Cc1ccccc1B(O)OC(C)(C)C(C)(C)O. The number of ether oxygens (including phenoxy) is 1. The lowest BCUT2D eigenvalue weighted by atomic mass is 9.73. The minimum atomic E-state index is -1.24. The topological polar surface area (TPSA) is 76.0 Å². The van der Waals surface area contributed by atoms with Crippen molar-refractivity contribution < 1.29 is 24.3 Å². The molecule has 0 saturated heterocycles. The normalized spacial score (nSPS) is 12.1. The van der Waals surface area contributed by atoms with E-state index in [1.54, 1.807) is 52.0 Å². The molecular weight excluding hydrogens is 271 g/mol. The Balaban J connectivity index is 2.98. The van der Waals surface area contributed by atoms with E-state index in [0.717, 1.165) is 0 Å². The van der Waals surface area contributed by atoms with Gasteiger partial charge in [0.25, 0.3) is 0 Å². The largest absolute Gasteiger partial charge is 0.491 e. The molecule has 0 fully saturated rings. The maximum Gasteiger partial charge on any atom is 0.491 e. The van der Waals surface area contributed by atoms with E-state index in [-0.39, 0.29) is 6.42 Å². The van der Waals surface area contributed by atoms with E-state index in [9.17, 15) is 14.9 Å². The van der Waals surface area contributed by atoms with Gasteiger partial charge in [-0.05, 0) is 38.7 Å². The van der Waals surface area contributed by atoms with Gasteiger partial charge in [-0.3, -0.25) is 4.79 Å². The molecule has 2 N–H and O–H groups in total. The summed E-state index contributed by atoms with van der Waals surface area (Å²) in [6.07, 6.45) is 0.0516. The maximum atomic E-state index is 11.4. The zero-order valence-electron chi connectivity index (χ0n) is 13.2. The van der Waals surface area contributed by atoms with Crippen LogP contribution in [0.1, 0.15) is 33.3 Å². The summed E-state index contributed by atoms with van der Waals surface area (Å²) in [6.45, 7) is 6.61.